The summed E-state index contributed by atoms with van der Waals surface area (Å²) in [6.07, 6.45) is 5.48. The van der Waals surface area contributed by atoms with E-state index in [-0.39, 0.29) is 6.04 Å². The van der Waals surface area contributed by atoms with Crippen LogP contribution in [0.5, 0.6) is 5.75 Å². The molecule has 1 aliphatic carbocycles. The van der Waals surface area contributed by atoms with E-state index >= 15 is 0 Å². The fourth-order valence-corrected chi connectivity index (χ4v) is 2.35. The summed E-state index contributed by atoms with van der Waals surface area (Å²) in [4.78, 5) is 4.46. The van der Waals surface area contributed by atoms with Crippen molar-refractivity contribution >= 4 is 0 Å². The van der Waals surface area contributed by atoms with Crippen molar-refractivity contribution in [3.05, 3.63) is 59.4 Å². The van der Waals surface area contributed by atoms with E-state index in [2.05, 4.69) is 18.0 Å². The Balaban J connectivity index is 1.87. The van der Waals surface area contributed by atoms with Crippen molar-refractivity contribution in [2.75, 3.05) is 0 Å². The van der Waals surface area contributed by atoms with Crippen LogP contribution in [0.15, 0.2) is 42.6 Å². The first-order valence-electron chi connectivity index (χ1n) is 7.24. The second kappa shape index (κ2) is 5.63. The van der Waals surface area contributed by atoms with Crippen molar-refractivity contribution in [3.8, 4) is 5.75 Å². The largest absolute Gasteiger partial charge is 0.490 e. The monoisotopic (exact) mass is 268 g/mol. The molecule has 3 rings (SSSR count). The third-order valence-corrected chi connectivity index (χ3v) is 3.65. The van der Waals surface area contributed by atoms with Crippen LogP contribution in [-0.2, 0) is 6.42 Å². The van der Waals surface area contributed by atoms with Crippen LogP contribution in [0.1, 0.15) is 42.6 Å². The Hall–Kier alpha value is -1.87. The molecular formula is C17H20N2O. The molecule has 20 heavy (non-hydrogen) atoms. The van der Waals surface area contributed by atoms with Gasteiger partial charge >= 0.3 is 0 Å². The topological polar surface area (TPSA) is 48.1 Å². The molecule has 3 heteroatoms. The van der Waals surface area contributed by atoms with Gasteiger partial charge in [-0.1, -0.05) is 25.1 Å². The van der Waals surface area contributed by atoms with Crippen molar-refractivity contribution in [2.45, 2.75) is 38.3 Å². The van der Waals surface area contributed by atoms with Crippen LogP contribution in [0, 0.1) is 0 Å². The molecule has 3 nitrogen and oxygen atoms in total. The van der Waals surface area contributed by atoms with Gasteiger partial charge in [0.25, 0.3) is 0 Å². The van der Waals surface area contributed by atoms with Crippen molar-refractivity contribution < 1.29 is 4.74 Å². The van der Waals surface area contributed by atoms with Gasteiger partial charge in [-0.2, -0.15) is 0 Å². The molecule has 2 N–H and O–H groups in total. The number of aryl methyl sites for hydroxylation is 1. The number of rotatable bonds is 5. The van der Waals surface area contributed by atoms with Crippen molar-refractivity contribution in [1.29, 1.82) is 0 Å². The molecule has 2 aromatic rings. The summed E-state index contributed by atoms with van der Waals surface area (Å²) in [5.74, 6) is 0.912. The number of aromatic nitrogens is 1. The van der Waals surface area contributed by atoms with E-state index in [1.807, 2.05) is 30.3 Å². The van der Waals surface area contributed by atoms with Gasteiger partial charge in [0.2, 0.25) is 0 Å². The number of ether oxygens (including phenoxy) is 1. The van der Waals surface area contributed by atoms with Crippen LogP contribution in [0.3, 0.4) is 0 Å². The molecule has 1 fully saturated rings. The van der Waals surface area contributed by atoms with Crippen LogP contribution in [0.2, 0.25) is 0 Å². The Bertz CT molecular complexity index is 593. The zero-order chi connectivity index (χ0) is 13.9. The highest BCUT2D eigenvalue weighted by Gasteiger charge is 2.24. The van der Waals surface area contributed by atoms with Gasteiger partial charge in [0.1, 0.15) is 5.75 Å². The van der Waals surface area contributed by atoms with E-state index in [0.29, 0.717) is 6.10 Å². The van der Waals surface area contributed by atoms with E-state index < -0.39 is 0 Å². The molecular weight excluding hydrogens is 248 g/mol. The smallest absolute Gasteiger partial charge is 0.120 e. The van der Waals surface area contributed by atoms with E-state index in [4.69, 9.17) is 10.5 Å². The molecule has 1 aromatic heterocycles. The predicted octanol–water partition coefficient (Wildman–Crippen LogP) is 3.23. The van der Waals surface area contributed by atoms with Gasteiger partial charge in [0, 0.05) is 6.20 Å². The molecule has 0 spiro atoms. The summed E-state index contributed by atoms with van der Waals surface area (Å²) in [5.41, 5.74) is 9.60. The predicted molar refractivity (Wildman–Crippen MR) is 79.7 cm³/mol. The molecule has 0 amide bonds. The molecule has 1 heterocycles. The second-order valence-electron chi connectivity index (χ2n) is 5.27. The van der Waals surface area contributed by atoms with Gasteiger partial charge in [-0.25, -0.2) is 0 Å². The molecule has 1 aliphatic rings. The zero-order valence-corrected chi connectivity index (χ0v) is 11.8. The number of hydrogen-bond acceptors (Lipinski definition) is 3. The minimum atomic E-state index is -0.200. The maximum Gasteiger partial charge on any atom is 0.120 e. The highest BCUT2D eigenvalue weighted by Crippen LogP contribution is 2.29. The summed E-state index contributed by atoms with van der Waals surface area (Å²) in [7, 11) is 0. The molecule has 1 saturated carbocycles. The van der Waals surface area contributed by atoms with Gasteiger partial charge in [0.05, 0.1) is 17.8 Å². The van der Waals surface area contributed by atoms with Gasteiger partial charge in [-0.15, -0.1) is 0 Å². The Morgan fingerprint density at radius 3 is 2.90 bits per heavy atom. The van der Waals surface area contributed by atoms with Crippen LogP contribution in [0.25, 0.3) is 0 Å². The van der Waals surface area contributed by atoms with Crippen molar-refractivity contribution in [3.63, 3.8) is 0 Å². The molecule has 1 unspecified atom stereocenters. The lowest BCUT2D eigenvalue weighted by molar-refractivity contribution is 0.303. The fourth-order valence-electron chi connectivity index (χ4n) is 2.35. The number of benzene rings is 1. The first-order chi connectivity index (χ1) is 9.78. The normalized spacial score (nSPS) is 15.9. The van der Waals surface area contributed by atoms with Gasteiger partial charge in [-0.05, 0) is 48.6 Å². The number of nitrogens with two attached hydrogens (primary N) is 1. The zero-order valence-electron chi connectivity index (χ0n) is 11.8. The van der Waals surface area contributed by atoms with Gasteiger partial charge < -0.3 is 10.5 Å². The first kappa shape index (κ1) is 13.1. The van der Waals surface area contributed by atoms with E-state index in [0.717, 1.165) is 36.3 Å². The number of hydrogen-bond donors (Lipinski definition) is 1. The summed E-state index contributed by atoms with van der Waals surface area (Å²) in [5, 5.41) is 0. The second-order valence-corrected chi connectivity index (χ2v) is 5.27. The molecule has 0 radical (unpaired) electrons. The van der Waals surface area contributed by atoms with Crippen LogP contribution < -0.4 is 10.5 Å². The lowest BCUT2D eigenvalue weighted by Crippen LogP contribution is -2.15. The molecule has 0 aliphatic heterocycles. The van der Waals surface area contributed by atoms with Crippen LogP contribution in [0.4, 0.5) is 0 Å². The number of nitrogens with zero attached hydrogens (tertiary/aromatic N) is 1. The minimum Gasteiger partial charge on any atom is -0.490 e. The molecule has 0 saturated heterocycles. The third kappa shape index (κ3) is 2.83. The summed E-state index contributed by atoms with van der Waals surface area (Å²) in [6, 6.07) is 11.9. The maximum atomic E-state index is 6.39. The average molecular weight is 268 g/mol. The fraction of sp³-hybridized carbons (Fsp3) is 0.353. The first-order valence-corrected chi connectivity index (χ1v) is 7.24. The van der Waals surface area contributed by atoms with Gasteiger partial charge in [-0.3, -0.25) is 4.98 Å². The Morgan fingerprint density at radius 1 is 1.30 bits per heavy atom. The van der Waals surface area contributed by atoms with E-state index in [1.54, 1.807) is 6.20 Å². The highest BCUT2D eigenvalue weighted by molar-refractivity contribution is 5.37. The average Bonchev–Trinajstić information content (AvgIpc) is 3.30. The lowest BCUT2D eigenvalue weighted by atomic mass is 9.99. The number of pyridine rings is 1. The van der Waals surface area contributed by atoms with E-state index in [1.165, 1.54) is 5.56 Å². The summed E-state index contributed by atoms with van der Waals surface area (Å²) >= 11 is 0. The van der Waals surface area contributed by atoms with Crippen LogP contribution >= 0.6 is 0 Å². The SMILES string of the molecule is CCc1cccnc1C(N)c1cccc(OC2CC2)c1. The molecule has 104 valence electrons. The van der Waals surface area contributed by atoms with Crippen molar-refractivity contribution in [2.24, 2.45) is 5.73 Å². The summed E-state index contributed by atoms with van der Waals surface area (Å²) < 4.78 is 5.83. The molecule has 1 aromatic carbocycles. The van der Waals surface area contributed by atoms with Gasteiger partial charge in [0.15, 0.2) is 0 Å². The standard InChI is InChI=1S/C17H20N2O/c1-2-12-6-4-10-19-17(12)16(18)13-5-3-7-15(11-13)20-14-8-9-14/h3-7,10-11,14,16H,2,8-9,18H2,1H3. The third-order valence-electron chi connectivity index (χ3n) is 3.65. The van der Waals surface area contributed by atoms with Crippen LogP contribution in [-0.4, -0.2) is 11.1 Å². The Kier molecular flexibility index (Phi) is 3.70. The molecule has 0 bridgehead atoms. The molecule has 1 atom stereocenters. The maximum absolute atomic E-state index is 6.39. The van der Waals surface area contributed by atoms with E-state index in [9.17, 15) is 0 Å². The minimum absolute atomic E-state index is 0.200. The van der Waals surface area contributed by atoms with Crippen molar-refractivity contribution in [1.82, 2.24) is 4.98 Å². The lowest BCUT2D eigenvalue weighted by Gasteiger charge is -2.16. The highest BCUT2D eigenvalue weighted by atomic mass is 16.5. The Labute approximate surface area is 119 Å². The quantitative estimate of drug-likeness (QED) is 0.905. The summed E-state index contributed by atoms with van der Waals surface area (Å²) in [6.45, 7) is 2.12. The Morgan fingerprint density at radius 2 is 2.15 bits per heavy atom.